The number of aryl methyl sites for hydroxylation is 3. The highest BCUT2D eigenvalue weighted by Crippen LogP contribution is 2.32. The maximum absolute atomic E-state index is 13.5. The number of carbonyl (C=O) groups excluding carboxylic acids is 1. The molecule has 1 amide bonds. The second-order valence-corrected chi connectivity index (χ2v) is 11.2. The predicted octanol–water partition coefficient (Wildman–Crippen LogP) is 4.96. The van der Waals surface area contributed by atoms with Crippen molar-refractivity contribution < 1.29 is 18.1 Å². The Morgan fingerprint density at radius 3 is 2.25 bits per heavy atom. The van der Waals surface area contributed by atoms with Crippen LogP contribution in [0, 0.1) is 37.8 Å². The Morgan fingerprint density at radius 1 is 0.975 bits per heavy atom. The maximum Gasteiger partial charge on any atom is 0.293 e. The molecule has 0 unspecified atom stereocenters. The van der Waals surface area contributed by atoms with E-state index in [-0.39, 0.29) is 10.6 Å². The SMILES string of the molecule is Cc1cc(C)cc(-n2c(C)cc(/C=N\NC(=O)CN(c3ccccc3[N+](=O)[O-])S(=O)(=O)c3ccccc3)c2C)c1. The molecule has 0 fully saturated rings. The molecule has 11 heteroatoms. The predicted molar refractivity (Wildman–Crippen MR) is 155 cm³/mol. The fraction of sp³-hybridized carbons (Fsp3) is 0.172. The molecule has 1 N–H and O–H groups in total. The summed E-state index contributed by atoms with van der Waals surface area (Å²) in [5.41, 5.74) is 7.64. The number of aromatic nitrogens is 1. The van der Waals surface area contributed by atoms with Crippen LogP contribution in [0.5, 0.6) is 0 Å². The summed E-state index contributed by atoms with van der Waals surface area (Å²) >= 11 is 0. The molecular formula is C29H29N5O5S. The van der Waals surface area contributed by atoms with E-state index in [0.29, 0.717) is 0 Å². The average Bonchev–Trinajstić information content (AvgIpc) is 3.19. The van der Waals surface area contributed by atoms with Gasteiger partial charge in [0.15, 0.2) is 0 Å². The molecule has 4 aromatic rings. The quantitative estimate of drug-likeness (QED) is 0.176. The molecule has 1 aromatic heterocycles. The molecule has 206 valence electrons. The number of carbonyl (C=O) groups is 1. The lowest BCUT2D eigenvalue weighted by Crippen LogP contribution is -2.39. The van der Waals surface area contributed by atoms with E-state index in [1.807, 2.05) is 33.8 Å². The van der Waals surface area contributed by atoms with Gasteiger partial charge >= 0.3 is 0 Å². The Hall–Kier alpha value is -4.77. The zero-order valence-corrected chi connectivity index (χ0v) is 23.3. The normalized spacial score (nSPS) is 11.5. The third kappa shape index (κ3) is 5.94. The van der Waals surface area contributed by atoms with Crippen molar-refractivity contribution in [3.63, 3.8) is 0 Å². The van der Waals surface area contributed by atoms with Gasteiger partial charge in [0.05, 0.1) is 16.0 Å². The second kappa shape index (κ2) is 11.5. The molecule has 0 saturated carbocycles. The fourth-order valence-corrected chi connectivity index (χ4v) is 6.04. The number of benzene rings is 3. The summed E-state index contributed by atoms with van der Waals surface area (Å²) in [7, 11) is -4.32. The van der Waals surface area contributed by atoms with E-state index in [0.717, 1.165) is 38.1 Å². The summed E-state index contributed by atoms with van der Waals surface area (Å²) in [6, 6.07) is 21.0. The number of anilines is 1. The molecule has 3 aromatic carbocycles. The summed E-state index contributed by atoms with van der Waals surface area (Å²) < 4.78 is 29.8. The van der Waals surface area contributed by atoms with Gasteiger partial charge in [0.2, 0.25) is 0 Å². The molecular weight excluding hydrogens is 530 g/mol. The Balaban J connectivity index is 1.60. The van der Waals surface area contributed by atoms with Crippen LogP contribution in [0.3, 0.4) is 0 Å². The lowest BCUT2D eigenvalue weighted by molar-refractivity contribution is -0.384. The van der Waals surface area contributed by atoms with Crippen molar-refractivity contribution in [2.75, 3.05) is 10.8 Å². The summed E-state index contributed by atoms with van der Waals surface area (Å²) in [5, 5.41) is 15.7. The van der Waals surface area contributed by atoms with E-state index in [1.54, 1.807) is 6.07 Å². The van der Waals surface area contributed by atoms with Crippen molar-refractivity contribution in [3.05, 3.63) is 117 Å². The van der Waals surface area contributed by atoms with Gasteiger partial charge in [-0.05, 0) is 75.2 Å². The number of nitrogens with one attached hydrogen (secondary N) is 1. The number of hydrazone groups is 1. The van der Waals surface area contributed by atoms with Gasteiger partial charge < -0.3 is 4.57 Å². The van der Waals surface area contributed by atoms with Crippen LogP contribution in [-0.4, -0.2) is 36.6 Å². The Labute approximate surface area is 232 Å². The molecule has 0 aliphatic rings. The van der Waals surface area contributed by atoms with Crippen molar-refractivity contribution in [2.24, 2.45) is 5.10 Å². The summed E-state index contributed by atoms with van der Waals surface area (Å²) in [4.78, 5) is 23.8. The molecule has 0 aliphatic heterocycles. The van der Waals surface area contributed by atoms with Crippen LogP contribution in [0.1, 0.15) is 28.1 Å². The molecule has 0 radical (unpaired) electrons. The van der Waals surface area contributed by atoms with Gasteiger partial charge in [-0.2, -0.15) is 5.10 Å². The molecule has 4 rings (SSSR count). The number of nitro benzene ring substituents is 1. The van der Waals surface area contributed by atoms with E-state index in [1.165, 1.54) is 54.7 Å². The topological polar surface area (TPSA) is 127 Å². The minimum absolute atomic E-state index is 0.108. The van der Waals surface area contributed by atoms with Crippen molar-refractivity contribution >= 4 is 33.5 Å². The highest BCUT2D eigenvalue weighted by Gasteiger charge is 2.31. The molecule has 0 spiro atoms. The smallest absolute Gasteiger partial charge is 0.293 e. The van der Waals surface area contributed by atoms with Crippen LogP contribution >= 0.6 is 0 Å². The average molecular weight is 560 g/mol. The van der Waals surface area contributed by atoms with Gasteiger partial charge in [-0.1, -0.05) is 36.4 Å². The first kappa shape index (κ1) is 28.2. The van der Waals surface area contributed by atoms with E-state index in [4.69, 9.17) is 0 Å². The first-order chi connectivity index (χ1) is 19.0. The van der Waals surface area contributed by atoms with Gasteiger partial charge in [-0.15, -0.1) is 0 Å². The summed E-state index contributed by atoms with van der Waals surface area (Å²) in [6.45, 7) is 7.26. The molecule has 40 heavy (non-hydrogen) atoms. The van der Waals surface area contributed by atoms with E-state index < -0.39 is 33.1 Å². The Morgan fingerprint density at radius 2 is 1.60 bits per heavy atom. The zero-order valence-electron chi connectivity index (χ0n) is 22.5. The molecule has 1 heterocycles. The van der Waals surface area contributed by atoms with Crippen LogP contribution < -0.4 is 9.73 Å². The molecule has 0 bridgehead atoms. The highest BCUT2D eigenvalue weighted by molar-refractivity contribution is 7.92. The summed E-state index contributed by atoms with van der Waals surface area (Å²) in [5.74, 6) is -0.767. The minimum atomic E-state index is -4.32. The Kier molecular flexibility index (Phi) is 8.15. The van der Waals surface area contributed by atoms with Crippen molar-refractivity contribution in [1.29, 1.82) is 0 Å². The molecule has 0 atom stereocenters. The number of rotatable bonds is 9. The van der Waals surface area contributed by atoms with Gasteiger partial charge in [0, 0.05) is 28.7 Å². The number of amides is 1. The van der Waals surface area contributed by atoms with E-state index in [9.17, 15) is 23.3 Å². The largest absolute Gasteiger partial charge is 0.318 e. The Bertz CT molecular complexity index is 1690. The third-order valence-electron chi connectivity index (χ3n) is 6.29. The second-order valence-electron chi connectivity index (χ2n) is 9.37. The number of hydrogen-bond acceptors (Lipinski definition) is 6. The number of para-hydroxylation sites is 2. The van der Waals surface area contributed by atoms with Crippen LogP contribution in [0.15, 0.2) is 88.9 Å². The standard InChI is InChI=1S/C29H29N5O5S/c1-20-14-21(2)16-25(15-20)33-22(3)17-24(23(33)4)18-30-31-29(35)19-32(27-12-8-9-13-28(27)34(36)37)40(38,39)26-10-6-5-7-11-26/h5-18H,19H2,1-4H3,(H,31,35)/b30-18-. The maximum atomic E-state index is 13.5. The fourth-order valence-electron chi connectivity index (χ4n) is 4.58. The summed E-state index contributed by atoms with van der Waals surface area (Å²) in [6.07, 6.45) is 1.49. The number of nitro groups is 1. The molecule has 10 nitrogen and oxygen atoms in total. The van der Waals surface area contributed by atoms with Crippen molar-refractivity contribution in [2.45, 2.75) is 32.6 Å². The lowest BCUT2D eigenvalue weighted by Gasteiger charge is -2.23. The van der Waals surface area contributed by atoms with E-state index in [2.05, 4.69) is 33.3 Å². The highest BCUT2D eigenvalue weighted by atomic mass is 32.2. The van der Waals surface area contributed by atoms with Crippen molar-refractivity contribution in [1.82, 2.24) is 9.99 Å². The van der Waals surface area contributed by atoms with Crippen LogP contribution in [0.4, 0.5) is 11.4 Å². The number of hydrogen-bond donors (Lipinski definition) is 1. The minimum Gasteiger partial charge on any atom is -0.318 e. The van der Waals surface area contributed by atoms with Crippen molar-refractivity contribution in [3.8, 4) is 5.69 Å². The van der Waals surface area contributed by atoms with Crippen LogP contribution in [-0.2, 0) is 14.8 Å². The number of nitrogens with zero attached hydrogens (tertiary/aromatic N) is 4. The van der Waals surface area contributed by atoms with Gasteiger partial charge in [-0.25, -0.2) is 18.1 Å². The van der Waals surface area contributed by atoms with Crippen LogP contribution in [0.2, 0.25) is 0 Å². The van der Waals surface area contributed by atoms with E-state index >= 15 is 0 Å². The van der Waals surface area contributed by atoms with Gasteiger partial charge in [0.1, 0.15) is 12.2 Å². The molecule has 0 aliphatic carbocycles. The first-order valence-electron chi connectivity index (χ1n) is 12.4. The lowest BCUT2D eigenvalue weighted by atomic mass is 10.1. The zero-order chi connectivity index (χ0) is 29.0. The molecule has 0 saturated heterocycles. The van der Waals surface area contributed by atoms with Crippen LogP contribution in [0.25, 0.3) is 5.69 Å². The van der Waals surface area contributed by atoms with Gasteiger partial charge in [0.25, 0.3) is 21.6 Å². The first-order valence-corrected chi connectivity index (χ1v) is 13.8. The monoisotopic (exact) mass is 559 g/mol. The van der Waals surface area contributed by atoms with Gasteiger partial charge in [-0.3, -0.25) is 14.9 Å². The number of sulfonamides is 1. The third-order valence-corrected chi connectivity index (χ3v) is 8.07.